The molecule has 7 nitrogen and oxygen atoms in total. The maximum atomic E-state index is 12.3. The third kappa shape index (κ3) is 3.88. The first-order chi connectivity index (χ1) is 10.9. The Morgan fingerprint density at radius 1 is 1.30 bits per heavy atom. The van der Waals surface area contributed by atoms with Gasteiger partial charge in [0.25, 0.3) is 5.91 Å². The molecule has 0 spiro atoms. The minimum absolute atomic E-state index is 0.129. The Morgan fingerprint density at radius 2 is 1.96 bits per heavy atom. The van der Waals surface area contributed by atoms with Crippen LogP contribution in [0.3, 0.4) is 0 Å². The number of rotatable bonds is 6. The molecule has 1 heterocycles. The highest BCUT2D eigenvalue weighted by Gasteiger charge is 2.20. The van der Waals surface area contributed by atoms with Gasteiger partial charge in [0.2, 0.25) is 0 Å². The monoisotopic (exact) mass is 317 g/mol. The molecule has 0 aliphatic carbocycles. The summed E-state index contributed by atoms with van der Waals surface area (Å²) in [5.41, 5.74) is 1.06. The minimum Gasteiger partial charge on any atom is -0.497 e. The van der Waals surface area contributed by atoms with Crippen LogP contribution < -0.4 is 4.74 Å². The molecular weight excluding hydrogens is 298 g/mol. The van der Waals surface area contributed by atoms with E-state index < -0.39 is 11.9 Å². The number of methoxy groups -OCH3 is 1. The molecule has 2 rings (SSSR count). The van der Waals surface area contributed by atoms with Crippen LogP contribution in [0.4, 0.5) is 0 Å². The maximum absolute atomic E-state index is 12.3. The van der Waals surface area contributed by atoms with Crippen molar-refractivity contribution in [2.45, 2.75) is 6.92 Å². The van der Waals surface area contributed by atoms with E-state index in [1.807, 2.05) is 12.1 Å². The Morgan fingerprint density at radius 3 is 2.52 bits per heavy atom. The second kappa shape index (κ2) is 6.95. The maximum Gasteiger partial charge on any atom is 0.308 e. The first-order valence-corrected chi connectivity index (χ1v) is 7.10. The molecule has 1 N–H and O–H groups in total. The van der Waals surface area contributed by atoms with Gasteiger partial charge >= 0.3 is 5.97 Å². The van der Waals surface area contributed by atoms with E-state index >= 15 is 0 Å². The number of carboxylic acid groups (broad SMARTS) is 1. The van der Waals surface area contributed by atoms with E-state index in [0.717, 1.165) is 11.4 Å². The molecule has 0 radical (unpaired) electrons. The second-order valence-electron chi connectivity index (χ2n) is 5.27. The van der Waals surface area contributed by atoms with E-state index in [2.05, 4.69) is 5.10 Å². The molecular formula is C16H19N3O4. The van der Waals surface area contributed by atoms with Gasteiger partial charge < -0.3 is 14.7 Å². The first-order valence-electron chi connectivity index (χ1n) is 7.10. The predicted octanol–water partition coefficient (Wildman–Crippen LogP) is 1.67. The molecule has 23 heavy (non-hydrogen) atoms. The lowest BCUT2D eigenvalue weighted by Gasteiger charge is -2.18. The third-order valence-corrected chi connectivity index (χ3v) is 3.46. The van der Waals surface area contributed by atoms with Crippen molar-refractivity contribution >= 4 is 11.9 Å². The van der Waals surface area contributed by atoms with Crippen LogP contribution >= 0.6 is 0 Å². The van der Waals surface area contributed by atoms with Gasteiger partial charge in [0, 0.05) is 19.8 Å². The van der Waals surface area contributed by atoms with Crippen molar-refractivity contribution in [1.82, 2.24) is 14.7 Å². The molecule has 1 aromatic carbocycles. The number of hydrogen-bond acceptors (Lipinski definition) is 4. The average molecular weight is 317 g/mol. The number of amides is 1. The van der Waals surface area contributed by atoms with Gasteiger partial charge in [0.1, 0.15) is 5.75 Å². The van der Waals surface area contributed by atoms with Crippen molar-refractivity contribution in [2.75, 3.05) is 20.7 Å². The van der Waals surface area contributed by atoms with Crippen molar-refractivity contribution in [1.29, 1.82) is 0 Å². The minimum atomic E-state index is -0.937. The number of nitrogens with zero attached hydrogens (tertiary/aromatic N) is 3. The molecule has 0 saturated heterocycles. The quantitative estimate of drug-likeness (QED) is 0.876. The van der Waals surface area contributed by atoms with Gasteiger partial charge in [-0.25, -0.2) is 4.68 Å². The van der Waals surface area contributed by atoms with Crippen LogP contribution in [0.5, 0.6) is 5.75 Å². The molecule has 0 bridgehead atoms. The number of carboxylic acids is 1. The van der Waals surface area contributed by atoms with Crippen LogP contribution in [0.2, 0.25) is 0 Å². The smallest absolute Gasteiger partial charge is 0.308 e. The lowest BCUT2D eigenvalue weighted by Crippen LogP contribution is -2.34. The fourth-order valence-corrected chi connectivity index (χ4v) is 2.08. The van der Waals surface area contributed by atoms with Gasteiger partial charge in [-0.1, -0.05) is 6.92 Å². The Balaban J connectivity index is 2.11. The standard InChI is InChI=1S/C16H19N3O4/c1-11(16(21)22)10-18(2)15(20)14-8-9-19(17-14)12-4-6-13(23-3)7-5-12/h4-9,11H,10H2,1-3H3,(H,21,22). The van der Waals surface area contributed by atoms with Crippen molar-refractivity contribution in [3.63, 3.8) is 0 Å². The zero-order valence-corrected chi connectivity index (χ0v) is 13.3. The zero-order valence-electron chi connectivity index (χ0n) is 13.3. The van der Waals surface area contributed by atoms with Crippen LogP contribution in [0, 0.1) is 5.92 Å². The lowest BCUT2D eigenvalue weighted by molar-refractivity contribution is -0.141. The van der Waals surface area contributed by atoms with E-state index in [0.29, 0.717) is 0 Å². The van der Waals surface area contributed by atoms with Gasteiger partial charge in [-0.3, -0.25) is 9.59 Å². The van der Waals surface area contributed by atoms with Crippen LogP contribution in [0.15, 0.2) is 36.5 Å². The zero-order chi connectivity index (χ0) is 17.0. The van der Waals surface area contributed by atoms with E-state index in [1.54, 1.807) is 50.2 Å². The fourth-order valence-electron chi connectivity index (χ4n) is 2.08. The average Bonchev–Trinajstić information content (AvgIpc) is 3.03. The summed E-state index contributed by atoms with van der Waals surface area (Å²) in [6, 6.07) is 8.87. The lowest BCUT2D eigenvalue weighted by atomic mass is 10.2. The van der Waals surface area contributed by atoms with Gasteiger partial charge in [-0.05, 0) is 30.3 Å². The molecule has 1 atom stereocenters. The molecule has 1 aromatic heterocycles. The van der Waals surface area contributed by atoms with Crippen LogP contribution in [0.25, 0.3) is 5.69 Å². The highest BCUT2D eigenvalue weighted by atomic mass is 16.5. The predicted molar refractivity (Wildman–Crippen MR) is 83.9 cm³/mol. The van der Waals surface area contributed by atoms with Gasteiger partial charge in [-0.15, -0.1) is 0 Å². The Bertz CT molecular complexity index is 694. The van der Waals surface area contributed by atoms with Gasteiger partial charge in [0.05, 0.1) is 18.7 Å². The molecule has 1 unspecified atom stereocenters. The molecule has 0 saturated carbocycles. The summed E-state index contributed by atoms with van der Waals surface area (Å²) in [6.07, 6.45) is 1.68. The number of carbonyl (C=O) groups excluding carboxylic acids is 1. The normalized spacial score (nSPS) is 11.8. The van der Waals surface area contributed by atoms with E-state index in [4.69, 9.17) is 9.84 Å². The SMILES string of the molecule is COc1ccc(-n2ccc(C(=O)N(C)CC(C)C(=O)O)n2)cc1. The van der Waals surface area contributed by atoms with Gasteiger partial charge in [0.15, 0.2) is 5.69 Å². The Hall–Kier alpha value is -2.83. The summed E-state index contributed by atoms with van der Waals surface area (Å²) >= 11 is 0. The Labute approximate surface area is 134 Å². The number of benzene rings is 1. The molecule has 122 valence electrons. The van der Waals surface area contributed by atoms with Crippen LogP contribution in [0.1, 0.15) is 17.4 Å². The number of aromatic nitrogens is 2. The summed E-state index contributed by atoms with van der Waals surface area (Å²) in [5, 5.41) is 13.2. The third-order valence-electron chi connectivity index (χ3n) is 3.46. The summed E-state index contributed by atoms with van der Waals surface area (Å²) < 4.78 is 6.68. The molecule has 0 aliphatic rings. The number of carbonyl (C=O) groups is 2. The summed E-state index contributed by atoms with van der Waals surface area (Å²) in [5.74, 6) is -1.15. The van der Waals surface area contributed by atoms with Crippen LogP contribution in [-0.2, 0) is 4.79 Å². The Kier molecular flexibility index (Phi) is 5.00. The van der Waals surface area contributed by atoms with E-state index in [9.17, 15) is 9.59 Å². The van der Waals surface area contributed by atoms with Crippen LogP contribution in [-0.4, -0.2) is 52.4 Å². The molecule has 0 aliphatic heterocycles. The number of hydrogen-bond donors (Lipinski definition) is 1. The molecule has 1 amide bonds. The molecule has 0 fully saturated rings. The number of ether oxygens (including phenoxy) is 1. The summed E-state index contributed by atoms with van der Waals surface area (Å²) in [6.45, 7) is 1.69. The van der Waals surface area contributed by atoms with Crippen molar-refractivity contribution in [3.05, 3.63) is 42.2 Å². The summed E-state index contributed by atoms with van der Waals surface area (Å²) in [4.78, 5) is 24.5. The fraction of sp³-hybridized carbons (Fsp3) is 0.312. The van der Waals surface area contributed by atoms with Crippen molar-refractivity contribution in [2.24, 2.45) is 5.92 Å². The van der Waals surface area contributed by atoms with Gasteiger partial charge in [-0.2, -0.15) is 5.10 Å². The first kappa shape index (κ1) is 16.5. The van der Waals surface area contributed by atoms with E-state index in [-0.39, 0.29) is 18.1 Å². The molecule has 7 heteroatoms. The van der Waals surface area contributed by atoms with Crippen molar-refractivity contribution < 1.29 is 19.4 Å². The topological polar surface area (TPSA) is 84.7 Å². The highest BCUT2D eigenvalue weighted by molar-refractivity contribution is 5.92. The molecule has 2 aromatic rings. The van der Waals surface area contributed by atoms with E-state index in [1.165, 1.54) is 4.90 Å². The highest BCUT2D eigenvalue weighted by Crippen LogP contribution is 2.15. The second-order valence-corrected chi connectivity index (χ2v) is 5.27. The number of aliphatic carboxylic acids is 1. The summed E-state index contributed by atoms with van der Waals surface area (Å²) in [7, 11) is 3.15. The van der Waals surface area contributed by atoms with Crippen molar-refractivity contribution in [3.8, 4) is 11.4 Å². The largest absolute Gasteiger partial charge is 0.497 e.